The molecule has 0 bridgehead atoms. The van der Waals surface area contributed by atoms with E-state index < -0.39 is 0 Å². The fourth-order valence-electron chi connectivity index (χ4n) is 2.51. The lowest BCUT2D eigenvalue weighted by Crippen LogP contribution is -2.35. The average Bonchev–Trinajstić information content (AvgIpc) is 2.82. The Bertz CT molecular complexity index is 582. The number of piperidine rings is 1. The summed E-state index contributed by atoms with van der Waals surface area (Å²) in [5.41, 5.74) is 2.64. The molecular formula is C14H17N3O. The lowest BCUT2D eigenvalue weighted by molar-refractivity contribution is 0.0721. The predicted molar refractivity (Wildman–Crippen MR) is 69.7 cm³/mol. The third-order valence-corrected chi connectivity index (χ3v) is 3.54. The number of nitrogens with zero attached hydrogens (tertiary/aromatic N) is 3. The van der Waals surface area contributed by atoms with Gasteiger partial charge in [0, 0.05) is 19.3 Å². The molecule has 3 rings (SSSR count). The van der Waals surface area contributed by atoms with Crippen molar-refractivity contribution in [2.45, 2.75) is 26.2 Å². The minimum atomic E-state index is 0.0720. The molecule has 0 aliphatic carbocycles. The van der Waals surface area contributed by atoms with Crippen molar-refractivity contribution in [2.75, 3.05) is 13.1 Å². The van der Waals surface area contributed by atoms with Crippen molar-refractivity contribution in [3.05, 3.63) is 35.9 Å². The van der Waals surface area contributed by atoms with Crippen LogP contribution in [0.5, 0.6) is 0 Å². The molecule has 18 heavy (non-hydrogen) atoms. The molecule has 1 amide bonds. The van der Waals surface area contributed by atoms with E-state index in [1.54, 1.807) is 6.33 Å². The third-order valence-electron chi connectivity index (χ3n) is 3.54. The summed E-state index contributed by atoms with van der Waals surface area (Å²) in [7, 11) is 0. The highest BCUT2D eigenvalue weighted by atomic mass is 16.2. The fraction of sp³-hybridized carbons (Fsp3) is 0.429. The first-order chi connectivity index (χ1) is 8.75. The standard InChI is InChI=1S/C14H17N3O/c1-11-5-8-17-10-15-13(12(17)9-11)14(18)16-6-3-2-4-7-16/h5,8-10H,2-4,6-7H2,1H3. The van der Waals surface area contributed by atoms with Crippen molar-refractivity contribution in [1.82, 2.24) is 14.3 Å². The number of pyridine rings is 1. The quantitative estimate of drug-likeness (QED) is 0.770. The van der Waals surface area contributed by atoms with Gasteiger partial charge in [-0.1, -0.05) is 0 Å². The number of likely N-dealkylation sites (tertiary alicyclic amines) is 1. The molecule has 1 saturated heterocycles. The Morgan fingerprint density at radius 3 is 2.83 bits per heavy atom. The summed E-state index contributed by atoms with van der Waals surface area (Å²) in [4.78, 5) is 18.6. The van der Waals surface area contributed by atoms with Crippen molar-refractivity contribution < 1.29 is 4.79 Å². The van der Waals surface area contributed by atoms with Crippen LogP contribution in [-0.2, 0) is 0 Å². The number of rotatable bonds is 1. The van der Waals surface area contributed by atoms with Crippen LogP contribution in [0.15, 0.2) is 24.7 Å². The second-order valence-electron chi connectivity index (χ2n) is 4.94. The van der Waals surface area contributed by atoms with E-state index in [1.165, 1.54) is 6.42 Å². The zero-order valence-electron chi connectivity index (χ0n) is 10.6. The summed E-state index contributed by atoms with van der Waals surface area (Å²) in [6.07, 6.45) is 7.11. The van der Waals surface area contributed by atoms with Gasteiger partial charge in [0.25, 0.3) is 5.91 Å². The summed E-state index contributed by atoms with van der Waals surface area (Å²) in [6.45, 7) is 3.76. The van der Waals surface area contributed by atoms with Gasteiger partial charge in [-0.15, -0.1) is 0 Å². The van der Waals surface area contributed by atoms with E-state index in [9.17, 15) is 4.79 Å². The van der Waals surface area contributed by atoms with Crippen LogP contribution < -0.4 is 0 Å². The van der Waals surface area contributed by atoms with Crippen LogP contribution >= 0.6 is 0 Å². The van der Waals surface area contributed by atoms with Crippen LogP contribution in [0.25, 0.3) is 5.52 Å². The largest absolute Gasteiger partial charge is 0.337 e. The van der Waals surface area contributed by atoms with Gasteiger partial charge in [0.1, 0.15) is 6.33 Å². The number of carbonyl (C=O) groups excluding carboxylic acids is 1. The molecule has 0 unspecified atom stereocenters. The lowest BCUT2D eigenvalue weighted by Gasteiger charge is -2.26. The maximum atomic E-state index is 12.4. The Hall–Kier alpha value is -1.84. The molecule has 3 heterocycles. The summed E-state index contributed by atoms with van der Waals surface area (Å²) in [6, 6.07) is 4.04. The van der Waals surface area contributed by atoms with Crippen molar-refractivity contribution in [2.24, 2.45) is 0 Å². The molecule has 0 saturated carbocycles. The van der Waals surface area contributed by atoms with Crippen molar-refractivity contribution >= 4 is 11.4 Å². The highest BCUT2D eigenvalue weighted by Gasteiger charge is 2.21. The SMILES string of the molecule is Cc1ccn2cnc(C(=O)N3CCCCC3)c2c1. The highest BCUT2D eigenvalue weighted by Crippen LogP contribution is 2.17. The molecule has 0 spiro atoms. The minimum Gasteiger partial charge on any atom is -0.337 e. The zero-order chi connectivity index (χ0) is 12.5. The number of imidazole rings is 1. The van der Waals surface area contributed by atoms with Crippen LogP contribution in [0.1, 0.15) is 35.3 Å². The maximum Gasteiger partial charge on any atom is 0.274 e. The normalized spacial score (nSPS) is 16.2. The first-order valence-corrected chi connectivity index (χ1v) is 6.48. The molecule has 94 valence electrons. The second-order valence-corrected chi connectivity index (χ2v) is 4.94. The average molecular weight is 243 g/mol. The van der Waals surface area contributed by atoms with Crippen LogP contribution in [-0.4, -0.2) is 33.3 Å². The number of amides is 1. The molecule has 2 aromatic heterocycles. The minimum absolute atomic E-state index is 0.0720. The van der Waals surface area contributed by atoms with E-state index in [4.69, 9.17) is 0 Å². The molecule has 0 aromatic carbocycles. The first-order valence-electron chi connectivity index (χ1n) is 6.48. The van der Waals surface area contributed by atoms with Gasteiger partial charge in [0.2, 0.25) is 0 Å². The van der Waals surface area contributed by atoms with Gasteiger partial charge in [0.15, 0.2) is 5.69 Å². The summed E-state index contributed by atoms with van der Waals surface area (Å²) >= 11 is 0. The van der Waals surface area contributed by atoms with Gasteiger partial charge in [-0.2, -0.15) is 0 Å². The lowest BCUT2D eigenvalue weighted by atomic mass is 10.1. The molecule has 1 aliphatic heterocycles. The third kappa shape index (κ3) is 1.88. The topological polar surface area (TPSA) is 37.6 Å². The van der Waals surface area contributed by atoms with E-state index in [0.717, 1.165) is 37.0 Å². The Morgan fingerprint density at radius 1 is 1.28 bits per heavy atom. The number of hydrogen-bond donors (Lipinski definition) is 0. The molecule has 0 N–H and O–H groups in total. The van der Waals surface area contributed by atoms with Crippen LogP contribution in [0.3, 0.4) is 0 Å². The second kappa shape index (κ2) is 4.44. The maximum absolute atomic E-state index is 12.4. The molecule has 4 nitrogen and oxygen atoms in total. The molecule has 1 fully saturated rings. The molecule has 2 aromatic rings. The Kier molecular flexibility index (Phi) is 2.78. The van der Waals surface area contributed by atoms with Gasteiger partial charge >= 0.3 is 0 Å². The highest BCUT2D eigenvalue weighted by molar-refractivity contribution is 5.99. The fourth-order valence-corrected chi connectivity index (χ4v) is 2.51. The number of hydrogen-bond acceptors (Lipinski definition) is 2. The Morgan fingerprint density at radius 2 is 2.06 bits per heavy atom. The molecule has 0 atom stereocenters. The van der Waals surface area contributed by atoms with Crippen LogP contribution in [0, 0.1) is 6.92 Å². The number of aromatic nitrogens is 2. The first kappa shape index (κ1) is 11.3. The van der Waals surface area contributed by atoms with E-state index >= 15 is 0 Å². The predicted octanol–water partition coefficient (Wildman–Crippen LogP) is 2.27. The summed E-state index contributed by atoms with van der Waals surface area (Å²) in [5.74, 6) is 0.0720. The molecular weight excluding hydrogens is 226 g/mol. The summed E-state index contributed by atoms with van der Waals surface area (Å²) < 4.78 is 1.91. The van der Waals surface area contributed by atoms with Crippen molar-refractivity contribution in [3.8, 4) is 0 Å². The Balaban J connectivity index is 1.98. The number of fused-ring (bicyclic) bond motifs is 1. The van der Waals surface area contributed by atoms with Gasteiger partial charge in [0.05, 0.1) is 5.52 Å². The van der Waals surface area contributed by atoms with Crippen molar-refractivity contribution in [3.63, 3.8) is 0 Å². The van der Waals surface area contributed by atoms with Crippen LogP contribution in [0.4, 0.5) is 0 Å². The van der Waals surface area contributed by atoms with Gasteiger partial charge < -0.3 is 9.30 Å². The summed E-state index contributed by atoms with van der Waals surface area (Å²) in [5, 5.41) is 0. The molecule has 0 radical (unpaired) electrons. The van der Waals surface area contributed by atoms with E-state index in [0.29, 0.717) is 5.69 Å². The molecule has 1 aliphatic rings. The Labute approximate surface area is 106 Å². The van der Waals surface area contributed by atoms with Gasteiger partial charge in [-0.3, -0.25) is 4.79 Å². The van der Waals surface area contributed by atoms with Crippen LogP contribution in [0.2, 0.25) is 0 Å². The van der Waals surface area contributed by atoms with Gasteiger partial charge in [-0.05, 0) is 43.9 Å². The number of aryl methyl sites for hydroxylation is 1. The molecule has 4 heteroatoms. The smallest absolute Gasteiger partial charge is 0.274 e. The van der Waals surface area contributed by atoms with E-state index in [2.05, 4.69) is 4.98 Å². The number of carbonyl (C=O) groups is 1. The van der Waals surface area contributed by atoms with Crippen molar-refractivity contribution in [1.29, 1.82) is 0 Å². The zero-order valence-corrected chi connectivity index (χ0v) is 10.6. The monoisotopic (exact) mass is 243 g/mol. The van der Waals surface area contributed by atoms with Gasteiger partial charge in [-0.25, -0.2) is 4.98 Å². The van der Waals surface area contributed by atoms with E-state index in [1.807, 2.05) is 34.6 Å². The van der Waals surface area contributed by atoms with E-state index in [-0.39, 0.29) is 5.91 Å².